The Hall–Kier alpha value is -3.21. The van der Waals surface area contributed by atoms with Crippen molar-refractivity contribution in [3.05, 3.63) is 83.9 Å². The molecule has 126 valence electrons. The van der Waals surface area contributed by atoms with E-state index in [0.717, 1.165) is 5.56 Å². The highest BCUT2D eigenvalue weighted by molar-refractivity contribution is 6.09. The number of nitrogens with zero attached hydrogens (tertiary/aromatic N) is 1. The molecule has 5 nitrogen and oxygen atoms in total. The minimum atomic E-state index is -1.29. The number of rotatable bonds is 5. The molecular formula is C20H17NO4. The first kappa shape index (κ1) is 16.6. The third-order valence-electron chi connectivity index (χ3n) is 3.88. The van der Waals surface area contributed by atoms with Crippen LogP contribution in [0.3, 0.4) is 0 Å². The average molecular weight is 335 g/mol. The Bertz CT molecular complexity index is 827. The molecule has 1 aliphatic rings. The van der Waals surface area contributed by atoms with E-state index in [4.69, 9.17) is 4.74 Å². The molecule has 2 aromatic carbocycles. The molecule has 0 fully saturated rings. The molecular weight excluding hydrogens is 318 g/mol. The molecule has 5 heteroatoms. The second-order valence-corrected chi connectivity index (χ2v) is 5.62. The largest absolute Gasteiger partial charge is 0.466 e. The van der Waals surface area contributed by atoms with E-state index >= 15 is 0 Å². The van der Waals surface area contributed by atoms with Gasteiger partial charge in [0, 0.05) is 18.1 Å². The van der Waals surface area contributed by atoms with Crippen LogP contribution in [0.2, 0.25) is 0 Å². The van der Waals surface area contributed by atoms with Crippen LogP contribution in [0.5, 0.6) is 0 Å². The fourth-order valence-electron chi connectivity index (χ4n) is 2.59. The fraction of sp³-hybridized carbons (Fsp3) is 0.150. The van der Waals surface area contributed by atoms with Gasteiger partial charge in [0.15, 0.2) is 5.54 Å². The van der Waals surface area contributed by atoms with Crippen LogP contribution >= 0.6 is 0 Å². The molecule has 1 heterocycles. The monoisotopic (exact) mass is 335 g/mol. The predicted octanol–water partition coefficient (Wildman–Crippen LogP) is 2.70. The zero-order chi connectivity index (χ0) is 17.7. The summed E-state index contributed by atoms with van der Waals surface area (Å²) in [5.41, 5.74) is 0.324. The van der Waals surface area contributed by atoms with Gasteiger partial charge in [-0.05, 0) is 23.8 Å². The quantitative estimate of drug-likeness (QED) is 0.622. The summed E-state index contributed by atoms with van der Waals surface area (Å²) in [7, 11) is 1.28. The van der Waals surface area contributed by atoms with Gasteiger partial charge in [0.1, 0.15) is 0 Å². The lowest BCUT2D eigenvalue weighted by molar-refractivity contribution is -0.137. The maximum absolute atomic E-state index is 12.6. The number of benzene rings is 2. The van der Waals surface area contributed by atoms with Gasteiger partial charge >= 0.3 is 11.9 Å². The summed E-state index contributed by atoms with van der Waals surface area (Å²) < 4.78 is 10.0. The van der Waals surface area contributed by atoms with Crippen LogP contribution < -0.4 is 0 Å². The Morgan fingerprint density at radius 2 is 1.76 bits per heavy atom. The third-order valence-corrected chi connectivity index (χ3v) is 3.88. The van der Waals surface area contributed by atoms with E-state index in [1.807, 2.05) is 60.7 Å². The molecule has 0 saturated carbocycles. The van der Waals surface area contributed by atoms with Crippen molar-refractivity contribution in [1.82, 2.24) is 0 Å². The Kier molecular flexibility index (Phi) is 4.75. The Balaban J connectivity index is 2.01. The van der Waals surface area contributed by atoms with Crippen molar-refractivity contribution in [3.63, 3.8) is 0 Å². The lowest BCUT2D eigenvalue weighted by atomic mass is 9.91. The van der Waals surface area contributed by atoms with E-state index in [1.165, 1.54) is 19.3 Å². The standard InChI is InChI=1S/C20H17NO4/c1-24-17(22)12-13-20(14-15-8-4-2-5-9-15)19(23)25-18(21-20)16-10-6-3-7-11-16/h2-13H,14H2,1H3/b13-12+/t20-/m1/s1. The average Bonchev–Trinajstić information content (AvgIpc) is 2.98. The van der Waals surface area contributed by atoms with Gasteiger partial charge in [-0.2, -0.15) is 0 Å². The molecule has 1 atom stereocenters. The van der Waals surface area contributed by atoms with Crippen molar-refractivity contribution in [2.75, 3.05) is 7.11 Å². The molecule has 0 radical (unpaired) electrons. The summed E-state index contributed by atoms with van der Waals surface area (Å²) >= 11 is 0. The normalized spacial score (nSPS) is 19.6. The first-order valence-electron chi connectivity index (χ1n) is 7.82. The van der Waals surface area contributed by atoms with Crippen molar-refractivity contribution >= 4 is 17.8 Å². The van der Waals surface area contributed by atoms with Crippen LogP contribution in [-0.2, 0) is 25.5 Å². The first-order valence-corrected chi connectivity index (χ1v) is 7.82. The molecule has 3 rings (SSSR count). The minimum Gasteiger partial charge on any atom is -0.466 e. The van der Waals surface area contributed by atoms with Gasteiger partial charge in [-0.25, -0.2) is 14.6 Å². The van der Waals surface area contributed by atoms with Crippen LogP contribution in [0.4, 0.5) is 0 Å². The van der Waals surface area contributed by atoms with Gasteiger partial charge < -0.3 is 9.47 Å². The summed E-state index contributed by atoms with van der Waals surface area (Å²) in [6.07, 6.45) is 2.95. The smallest absolute Gasteiger partial charge is 0.345 e. The van der Waals surface area contributed by atoms with Gasteiger partial charge in [-0.3, -0.25) is 0 Å². The van der Waals surface area contributed by atoms with E-state index in [0.29, 0.717) is 5.56 Å². The summed E-state index contributed by atoms with van der Waals surface area (Å²) in [6.45, 7) is 0. The molecule has 0 unspecified atom stereocenters. The zero-order valence-electron chi connectivity index (χ0n) is 13.7. The topological polar surface area (TPSA) is 65.0 Å². The summed E-state index contributed by atoms with van der Waals surface area (Å²) in [5.74, 6) is -0.824. The van der Waals surface area contributed by atoms with E-state index < -0.39 is 17.5 Å². The van der Waals surface area contributed by atoms with Gasteiger partial charge in [0.05, 0.1) is 7.11 Å². The highest BCUT2D eigenvalue weighted by Gasteiger charge is 2.44. The second-order valence-electron chi connectivity index (χ2n) is 5.62. The number of carbonyl (C=O) groups is 2. The third kappa shape index (κ3) is 3.66. The number of hydrogen-bond donors (Lipinski definition) is 0. The van der Waals surface area contributed by atoms with Gasteiger partial charge in [-0.15, -0.1) is 0 Å². The van der Waals surface area contributed by atoms with Crippen LogP contribution in [0.15, 0.2) is 77.8 Å². The highest BCUT2D eigenvalue weighted by Crippen LogP contribution is 2.29. The molecule has 0 N–H and O–H groups in total. The summed E-state index contributed by atoms with van der Waals surface area (Å²) in [4.78, 5) is 28.7. The first-order chi connectivity index (χ1) is 12.1. The Morgan fingerprint density at radius 3 is 2.40 bits per heavy atom. The van der Waals surface area contributed by atoms with Crippen molar-refractivity contribution in [2.24, 2.45) is 4.99 Å². The van der Waals surface area contributed by atoms with Gasteiger partial charge in [0.25, 0.3) is 0 Å². The van der Waals surface area contributed by atoms with E-state index in [-0.39, 0.29) is 12.3 Å². The molecule has 2 aromatic rings. The van der Waals surface area contributed by atoms with Gasteiger partial charge in [-0.1, -0.05) is 48.5 Å². The molecule has 0 bridgehead atoms. The number of ether oxygens (including phenoxy) is 2. The SMILES string of the molecule is COC(=O)/C=C/[C@]1(Cc2ccccc2)N=C(c2ccccc2)OC1=O. The van der Waals surface area contributed by atoms with Crippen molar-refractivity contribution in [1.29, 1.82) is 0 Å². The molecule has 0 aromatic heterocycles. The molecule has 0 spiro atoms. The van der Waals surface area contributed by atoms with Crippen molar-refractivity contribution in [2.45, 2.75) is 12.0 Å². The fourth-order valence-corrected chi connectivity index (χ4v) is 2.59. The van der Waals surface area contributed by atoms with E-state index in [1.54, 1.807) is 0 Å². The molecule has 0 amide bonds. The minimum absolute atomic E-state index is 0.246. The zero-order valence-corrected chi connectivity index (χ0v) is 13.7. The van der Waals surface area contributed by atoms with Crippen LogP contribution in [0.1, 0.15) is 11.1 Å². The number of hydrogen-bond acceptors (Lipinski definition) is 5. The molecule has 1 aliphatic heterocycles. The molecule has 0 saturated heterocycles. The van der Waals surface area contributed by atoms with E-state index in [9.17, 15) is 9.59 Å². The maximum atomic E-state index is 12.6. The molecule has 0 aliphatic carbocycles. The second kappa shape index (κ2) is 7.13. The predicted molar refractivity (Wildman–Crippen MR) is 93.1 cm³/mol. The number of aliphatic imine (C=N–C) groups is 1. The van der Waals surface area contributed by atoms with Crippen molar-refractivity contribution in [3.8, 4) is 0 Å². The maximum Gasteiger partial charge on any atom is 0.345 e. The number of methoxy groups -OCH3 is 1. The number of carbonyl (C=O) groups excluding carboxylic acids is 2. The summed E-state index contributed by atoms with van der Waals surface area (Å²) in [5, 5.41) is 0. The van der Waals surface area contributed by atoms with Crippen LogP contribution in [0, 0.1) is 0 Å². The lowest BCUT2D eigenvalue weighted by Crippen LogP contribution is -2.34. The van der Waals surface area contributed by atoms with Crippen molar-refractivity contribution < 1.29 is 19.1 Å². The highest BCUT2D eigenvalue weighted by atomic mass is 16.6. The van der Waals surface area contributed by atoms with Gasteiger partial charge in [0.2, 0.25) is 5.90 Å². The van der Waals surface area contributed by atoms with E-state index in [2.05, 4.69) is 9.73 Å². The van der Waals surface area contributed by atoms with Crippen LogP contribution in [0.25, 0.3) is 0 Å². The molecule has 25 heavy (non-hydrogen) atoms. The lowest BCUT2D eigenvalue weighted by Gasteiger charge is -2.17. The van der Waals surface area contributed by atoms with Crippen LogP contribution in [-0.4, -0.2) is 30.5 Å². The Labute approximate surface area is 145 Å². The Morgan fingerprint density at radius 1 is 1.12 bits per heavy atom. The summed E-state index contributed by atoms with van der Waals surface area (Å²) in [6, 6.07) is 18.6. The number of esters is 2. The number of cyclic esters (lactones) is 1.